The Morgan fingerprint density at radius 1 is 1.04 bits per heavy atom. The van der Waals surface area contributed by atoms with Gasteiger partial charge in [0.1, 0.15) is 0 Å². The summed E-state index contributed by atoms with van der Waals surface area (Å²) in [5, 5.41) is 4.11. The Hall–Kier alpha value is -2.51. The predicted molar refractivity (Wildman–Crippen MR) is 96.3 cm³/mol. The number of benzene rings is 1. The van der Waals surface area contributed by atoms with Crippen molar-refractivity contribution >= 4 is 10.0 Å². The fourth-order valence-corrected chi connectivity index (χ4v) is 3.44. The summed E-state index contributed by atoms with van der Waals surface area (Å²) in [4.78, 5) is 4.64. The summed E-state index contributed by atoms with van der Waals surface area (Å²) in [5.74, 6) is 0. The molecule has 0 atom stereocenters. The second-order valence-corrected chi connectivity index (χ2v) is 7.54. The molecular weight excluding hydrogens is 336 g/mol. The Labute approximate surface area is 147 Å². The monoisotopic (exact) mass is 356 g/mol. The topological polar surface area (TPSA) is 76.9 Å². The molecule has 0 unspecified atom stereocenters. The molecule has 1 aromatic carbocycles. The number of sulfonamides is 1. The average molecular weight is 356 g/mol. The molecule has 0 bridgehead atoms. The van der Waals surface area contributed by atoms with Gasteiger partial charge in [0, 0.05) is 31.5 Å². The highest BCUT2D eigenvalue weighted by Gasteiger charge is 2.13. The Morgan fingerprint density at radius 2 is 1.76 bits per heavy atom. The number of hydrogen-bond acceptors (Lipinski definition) is 4. The van der Waals surface area contributed by atoms with Gasteiger partial charge in [-0.25, -0.2) is 13.1 Å². The molecule has 0 fully saturated rings. The van der Waals surface area contributed by atoms with Crippen molar-refractivity contribution < 1.29 is 8.42 Å². The molecule has 3 rings (SSSR count). The first-order valence-electron chi connectivity index (χ1n) is 8.00. The van der Waals surface area contributed by atoms with Crippen LogP contribution in [0.15, 0.2) is 59.9 Å². The van der Waals surface area contributed by atoms with Crippen LogP contribution in [0.2, 0.25) is 0 Å². The molecule has 6 nitrogen and oxygen atoms in total. The first-order valence-corrected chi connectivity index (χ1v) is 9.49. The maximum absolute atomic E-state index is 12.4. The Morgan fingerprint density at radius 3 is 2.32 bits per heavy atom. The number of nitrogens with one attached hydrogen (secondary N) is 1. The number of rotatable bonds is 6. The number of nitrogens with zero attached hydrogens (tertiary/aromatic N) is 3. The fourth-order valence-electron chi connectivity index (χ4n) is 2.42. The SMILES string of the molecule is CCc1ccc(S(=O)(=O)NCc2ccc(-c3cnn(C)c3)nc2)cc1. The van der Waals surface area contributed by atoms with Gasteiger partial charge in [-0.2, -0.15) is 5.10 Å². The number of hydrogen-bond donors (Lipinski definition) is 1. The molecule has 25 heavy (non-hydrogen) atoms. The van der Waals surface area contributed by atoms with Gasteiger partial charge in [0.25, 0.3) is 0 Å². The summed E-state index contributed by atoms with van der Waals surface area (Å²) in [6.07, 6.45) is 6.17. The molecule has 3 aromatic rings. The maximum atomic E-state index is 12.4. The molecular formula is C18H20N4O2S. The molecule has 130 valence electrons. The lowest BCUT2D eigenvalue weighted by Gasteiger charge is -2.08. The third-order valence-corrected chi connectivity index (χ3v) is 5.35. The van der Waals surface area contributed by atoms with Crippen molar-refractivity contribution in [2.24, 2.45) is 7.05 Å². The Bertz CT molecular complexity index is 946. The van der Waals surface area contributed by atoms with Crippen molar-refractivity contribution in [2.75, 3.05) is 0 Å². The highest BCUT2D eigenvalue weighted by atomic mass is 32.2. The van der Waals surface area contributed by atoms with E-state index in [0.717, 1.165) is 28.8 Å². The minimum Gasteiger partial charge on any atom is -0.275 e. The van der Waals surface area contributed by atoms with Crippen LogP contribution in [0.3, 0.4) is 0 Å². The van der Waals surface area contributed by atoms with Crippen LogP contribution in [0.4, 0.5) is 0 Å². The summed E-state index contributed by atoms with van der Waals surface area (Å²) in [5.41, 5.74) is 3.62. The van der Waals surface area contributed by atoms with Crippen molar-refractivity contribution in [3.05, 3.63) is 66.1 Å². The van der Waals surface area contributed by atoms with Gasteiger partial charge >= 0.3 is 0 Å². The summed E-state index contributed by atoms with van der Waals surface area (Å²) in [7, 11) is -1.69. The zero-order valence-electron chi connectivity index (χ0n) is 14.2. The first kappa shape index (κ1) is 17.3. The van der Waals surface area contributed by atoms with E-state index in [9.17, 15) is 8.42 Å². The van der Waals surface area contributed by atoms with Crippen molar-refractivity contribution in [1.82, 2.24) is 19.5 Å². The van der Waals surface area contributed by atoms with Crippen molar-refractivity contribution in [2.45, 2.75) is 24.8 Å². The van der Waals surface area contributed by atoms with Crippen LogP contribution in [0, 0.1) is 0 Å². The van der Waals surface area contributed by atoms with Gasteiger partial charge < -0.3 is 0 Å². The predicted octanol–water partition coefficient (Wildman–Crippen LogP) is 2.52. The maximum Gasteiger partial charge on any atom is 0.240 e. The van der Waals surface area contributed by atoms with Crippen molar-refractivity contribution in [1.29, 1.82) is 0 Å². The van der Waals surface area contributed by atoms with Crippen molar-refractivity contribution in [3.63, 3.8) is 0 Å². The normalized spacial score (nSPS) is 11.6. The smallest absolute Gasteiger partial charge is 0.240 e. The highest BCUT2D eigenvalue weighted by Crippen LogP contribution is 2.16. The average Bonchev–Trinajstić information content (AvgIpc) is 3.07. The number of pyridine rings is 1. The molecule has 0 aliphatic heterocycles. The van der Waals surface area contributed by atoms with E-state index >= 15 is 0 Å². The lowest BCUT2D eigenvalue weighted by atomic mass is 10.2. The van der Waals surface area contributed by atoms with E-state index in [0.29, 0.717) is 0 Å². The summed E-state index contributed by atoms with van der Waals surface area (Å²) in [6.45, 7) is 2.22. The van der Waals surface area contributed by atoms with E-state index in [1.54, 1.807) is 29.2 Å². The molecule has 0 spiro atoms. The van der Waals surface area contributed by atoms with Gasteiger partial charge in [0.05, 0.1) is 16.8 Å². The molecule has 2 heterocycles. The lowest BCUT2D eigenvalue weighted by molar-refractivity contribution is 0.581. The third kappa shape index (κ3) is 4.12. The van der Waals surface area contributed by atoms with Crippen LogP contribution in [0.5, 0.6) is 0 Å². The van der Waals surface area contributed by atoms with Crippen LogP contribution in [0.1, 0.15) is 18.1 Å². The molecule has 2 aromatic heterocycles. The van der Waals surface area contributed by atoms with E-state index in [2.05, 4.69) is 14.8 Å². The van der Waals surface area contributed by atoms with E-state index in [1.165, 1.54) is 0 Å². The second kappa shape index (κ2) is 7.16. The number of aryl methyl sites for hydroxylation is 2. The molecule has 7 heteroatoms. The molecule has 0 aliphatic carbocycles. The van der Waals surface area contributed by atoms with Gasteiger partial charge in [-0.15, -0.1) is 0 Å². The Kier molecular flexibility index (Phi) is 4.96. The minimum absolute atomic E-state index is 0.193. The first-order chi connectivity index (χ1) is 12.0. The molecule has 0 amide bonds. The van der Waals surface area contributed by atoms with Crippen LogP contribution >= 0.6 is 0 Å². The number of aromatic nitrogens is 3. The van der Waals surface area contributed by atoms with E-state index in [4.69, 9.17) is 0 Å². The van der Waals surface area contributed by atoms with Crippen LogP contribution in [-0.4, -0.2) is 23.2 Å². The van der Waals surface area contributed by atoms with Crippen LogP contribution in [0.25, 0.3) is 11.3 Å². The largest absolute Gasteiger partial charge is 0.275 e. The minimum atomic E-state index is -3.53. The summed E-state index contributed by atoms with van der Waals surface area (Å²) >= 11 is 0. The van der Waals surface area contributed by atoms with E-state index in [-0.39, 0.29) is 11.4 Å². The molecule has 0 saturated carbocycles. The second-order valence-electron chi connectivity index (χ2n) is 5.78. The molecule has 0 radical (unpaired) electrons. The van der Waals surface area contributed by atoms with Crippen LogP contribution in [-0.2, 0) is 30.0 Å². The zero-order valence-corrected chi connectivity index (χ0v) is 15.0. The lowest BCUT2D eigenvalue weighted by Crippen LogP contribution is -2.23. The zero-order chi connectivity index (χ0) is 17.9. The van der Waals surface area contributed by atoms with E-state index in [1.807, 2.05) is 44.4 Å². The Balaban J connectivity index is 1.67. The van der Waals surface area contributed by atoms with Crippen molar-refractivity contribution in [3.8, 4) is 11.3 Å². The molecule has 1 N–H and O–H groups in total. The highest BCUT2D eigenvalue weighted by molar-refractivity contribution is 7.89. The third-order valence-electron chi connectivity index (χ3n) is 3.93. The molecule has 0 saturated heterocycles. The van der Waals surface area contributed by atoms with Crippen LogP contribution < -0.4 is 4.72 Å². The van der Waals surface area contributed by atoms with Gasteiger partial charge in [-0.3, -0.25) is 9.67 Å². The van der Waals surface area contributed by atoms with Gasteiger partial charge in [0.15, 0.2) is 0 Å². The van der Waals surface area contributed by atoms with Gasteiger partial charge in [-0.05, 0) is 35.7 Å². The summed E-state index contributed by atoms with van der Waals surface area (Å²) in [6, 6.07) is 10.6. The summed E-state index contributed by atoms with van der Waals surface area (Å²) < 4.78 is 29.0. The van der Waals surface area contributed by atoms with Gasteiger partial charge in [-0.1, -0.05) is 25.1 Å². The van der Waals surface area contributed by atoms with E-state index < -0.39 is 10.0 Å². The standard InChI is InChI=1S/C18H20N4O2S/c1-3-14-4-7-17(8-5-14)25(23,24)21-11-15-6-9-18(19-10-15)16-12-20-22(2)13-16/h4-10,12-13,21H,3,11H2,1-2H3. The van der Waals surface area contributed by atoms with Gasteiger partial charge in [0.2, 0.25) is 10.0 Å². The quantitative estimate of drug-likeness (QED) is 0.736. The fraction of sp³-hybridized carbons (Fsp3) is 0.222. The molecule has 0 aliphatic rings.